The van der Waals surface area contributed by atoms with Crippen molar-refractivity contribution in [3.05, 3.63) is 18.3 Å². The highest BCUT2D eigenvalue weighted by Crippen LogP contribution is 2.25. The minimum absolute atomic E-state index is 0.549. The first-order valence-electron chi connectivity index (χ1n) is 5.86. The Balaban J connectivity index is 2.66. The molecule has 0 atom stereocenters. The predicted molar refractivity (Wildman–Crippen MR) is 79.3 cm³/mol. The molecule has 0 bridgehead atoms. The summed E-state index contributed by atoms with van der Waals surface area (Å²) < 4.78 is 0.883. The van der Waals surface area contributed by atoms with Crippen LogP contribution in [0.3, 0.4) is 0 Å². The number of rotatable bonds is 5. The third-order valence-electron chi connectivity index (χ3n) is 2.24. The first-order chi connectivity index (χ1) is 8.19. The van der Waals surface area contributed by atoms with E-state index in [2.05, 4.69) is 23.7 Å². The number of hydrogen-bond acceptors (Lipinski definition) is 4. The van der Waals surface area contributed by atoms with Crippen LogP contribution in [-0.4, -0.2) is 27.3 Å². The van der Waals surface area contributed by atoms with Crippen molar-refractivity contribution in [1.29, 1.82) is 0 Å². The SMILES string of the molecule is CCCN(CCC)C(=S)Sc1cccnc1N. The van der Waals surface area contributed by atoms with E-state index in [1.165, 1.54) is 11.8 Å². The van der Waals surface area contributed by atoms with Crippen LogP contribution < -0.4 is 5.73 Å². The van der Waals surface area contributed by atoms with E-state index >= 15 is 0 Å². The molecule has 1 heterocycles. The molecule has 0 aliphatic carbocycles. The lowest BCUT2D eigenvalue weighted by Gasteiger charge is -2.23. The number of hydrogen-bond donors (Lipinski definition) is 1. The second-order valence-electron chi connectivity index (χ2n) is 3.74. The van der Waals surface area contributed by atoms with Gasteiger partial charge in [-0.1, -0.05) is 37.8 Å². The van der Waals surface area contributed by atoms with Gasteiger partial charge in [0.15, 0.2) is 0 Å². The fourth-order valence-electron chi connectivity index (χ4n) is 1.48. The van der Waals surface area contributed by atoms with Crippen LogP contribution in [0, 0.1) is 0 Å². The fourth-order valence-corrected chi connectivity index (χ4v) is 2.74. The van der Waals surface area contributed by atoms with Gasteiger partial charge < -0.3 is 10.6 Å². The van der Waals surface area contributed by atoms with E-state index in [4.69, 9.17) is 18.0 Å². The van der Waals surface area contributed by atoms with Crippen molar-refractivity contribution in [3.63, 3.8) is 0 Å². The Morgan fingerprint density at radius 2 is 2.06 bits per heavy atom. The number of anilines is 1. The quantitative estimate of drug-likeness (QED) is 0.657. The van der Waals surface area contributed by atoms with Crippen LogP contribution in [0.2, 0.25) is 0 Å². The Labute approximate surface area is 113 Å². The highest BCUT2D eigenvalue weighted by Gasteiger charge is 2.11. The predicted octanol–water partition coefficient (Wildman–Crippen LogP) is 3.16. The molecule has 2 N–H and O–H groups in total. The first kappa shape index (κ1) is 14.3. The van der Waals surface area contributed by atoms with E-state index in [-0.39, 0.29) is 0 Å². The number of thioether (sulfide) groups is 1. The van der Waals surface area contributed by atoms with Gasteiger partial charge in [-0.05, 0) is 25.0 Å². The Bertz CT molecular complexity index is 363. The normalized spacial score (nSPS) is 10.2. The van der Waals surface area contributed by atoms with Crippen molar-refractivity contribution < 1.29 is 0 Å². The smallest absolute Gasteiger partial charge is 0.141 e. The zero-order valence-electron chi connectivity index (χ0n) is 10.3. The van der Waals surface area contributed by atoms with Gasteiger partial charge in [0.2, 0.25) is 0 Å². The highest BCUT2D eigenvalue weighted by molar-refractivity contribution is 8.23. The van der Waals surface area contributed by atoms with Crippen molar-refractivity contribution in [1.82, 2.24) is 9.88 Å². The topological polar surface area (TPSA) is 42.2 Å². The van der Waals surface area contributed by atoms with E-state index in [0.29, 0.717) is 5.82 Å². The summed E-state index contributed by atoms with van der Waals surface area (Å²) in [6.45, 7) is 6.32. The molecule has 0 amide bonds. The van der Waals surface area contributed by atoms with E-state index < -0.39 is 0 Å². The van der Waals surface area contributed by atoms with Crippen LogP contribution in [0.1, 0.15) is 26.7 Å². The van der Waals surface area contributed by atoms with Gasteiger partial charge in [0, 0.05) is 19.3 Å². The van der Waals surface area contributed by atoms with Crippen molar-refractivity contribution in [3.8, 4) is 0 Å². The first-order valence-corrected chi connectivity index (χ1v) is 7.08. The van der Waals surface area contributed by atoms with Gasteiger partial charge in [-0.15, -0.1) is 0 Å². The summed E-state index contributed by atoms with van der Waals surface area (Å²) in [7, 11) is 0. The van der Waals surface area contributed by atoms with E-state index in [1.54, 1.807) is 6.20 Å². The second-order valence-corrected chi connectivity index (χ2v) is 5.42. The molecule has 0 spiro atoms. The van der Waals surface area contributed by atoms with Crippen LogP contribution in [-0.2, 0) is 0 Å². The average molecular weight is 269 g/mol. The molecule has 0 aromatic carbocycles. The summed E-state index contributed by atoms with van der Waals surface area (Å²) in [5.74, 6) is 0.549. The van der Waals surface area contributed by atoms with Crippen molar-refractivity contribution in [2.24, 2.45) is 0 Å². The molecule has 0 aliphatic rings. The molecule has 0 aliphatic heterocycles. The molecule has 0 unspecified atom stereocenters. The second kappa shape index (κ2) is 7.50. The Morgan fingerprint density at radius 3 is 2.59 bits per heavy atom. The molecule has 1 rings (SSSR count). The van der Waals surface area contributed by atoms with Gasteiger partial charge in [0.25, 0.3) is 0 Å². The van der Waals surface area contributed by atoms with Crippen LogP contribution in [0.15, 0.2) is 23.2 Å². The summed E-state index contributed by atoms with van der Waals surface area (Å²) >= 11 is 6.98. The standard InChI is InChI=1S/C12H19N3S2/c1-3-8-15(9-4-2)12(16)17-10-6-5-7-14-11(10)13/h5-7H,3-4,8-9H2,1-2H3,(H2,13,14). The minimum atomic E-state index is 0.549. The number of nitrogen functional groups attached to an aromatic ring is 1. The molecule has 5 heteroatoms. The largest absolute Gasteiger partial charge is 0.383 e. The summed E-state index contributed by atoms with van der Waals surface area (Å²) in [5, 5.41) is 0. The summed E-state index contributed by atoms with van der Waals surface area (Å²) in [5.41, 5.74) is 5.81. The van der Waals surface area contributed by atoms with Crippen molar-refractivity contribution >= 4 is 34.1 Å². The molecule has 0 saturated heterocycles. The maximum atomic E-state index is 5.81. The molecular weight excluding hydrogens is 250 g/mol. The monoisotopic (exact) mass is 269 g/mol. The molecule has 1 aromatic rings. The number of nitrogens with zero attached hydrogens (tertiary/aromatic N) is 2. The number of nitrogens with two attached hydrogens (primary N) is 1. The molecule has 17 heavy (non-hydrogen) atoms. The lowest BCUT2D eigenvalue weighted by Crippen LogP contribution is -2.29. The van der Waals surface area contributed by atoms with Gasteiger partial charge in [-0.2, -0.15) is 0 Å². The van der Waals surface area contributed by atoms with Crippen LogP contribution in [0.5, 0.6) is 0 Å². The van der Waals surface area contributed by atoms with E-state index in [1.807, 2.05) is 12.1 Å². The minimum Gasteiger partial charge on any atom is -0.383 e. The van der Waals surface area contributed by atoms with Gasteiger partial charge in [-0.3, -0.25) is 0 Å². The molecule has 94 valence electrons. The van der Waals surface area contributed by atoms with E-state index in [0.717, 1.165) is 35.1 Å². The van der Waals surface area contributed by atoms with Crippen LogP contribution in [0.25, 0.3) is 0 Å². The number of aromatic nitrogens is 1. The van der Waals surface area contributed by atoms with E-state index in [9.17, 15) is 0 Å². The molecular formula is C12H19N3S2. The third kappa shape index (κ3) is 4.52. The third-order valence-corrected chi connectivity index (χ3v) is 3.75. The van der Waals surface area contributed by atoms with Crippen molar-refractivity contribution in [2.75, 3.05) is 18.8 Å². The van der Waals surface area contributed by atoms with Gasteiger partial charge in [-0.25, -0.2) is 4.98 Å². The van der Waals surface area contributed by atoms with Crippen molar-refractivity contribution in [2.45, 2.75) is 31.6 Å². The Kier molecular flexibility index (Phi) is 6.29. The van der Waals surface area contributed by atoms with Gasteiger partial charge in [0.1, 0.15) is 10.1 Å². The van der Waals surface area contributed by atoms with Gasteiger partial charge in [0.05, 0.1) is 4.90 Å². The van der Waals surface area contributed by atoms with Crippen LogP contribution >= 0.6 is 24.0 Å². The lowest BCUT2D eigenvalue weighted by molar-refractivity contribution is 0.430. The molecule has 0 saturated carbocycles. The molecule has 1 aromatic heterocycles. The summed E-state index contributed by atoms with van der Waals surface area (Å²) in [6, 6.07) is 3.83. The highest BCUT2D eigenvalue weighted by atomic mass is 32.2. The molecule has 0 fully saturated rings. The average Bonchev–Trinajstić information content (AvgIpc) is 2.32. The molecule has 0 radical (unpaired) electrons. The zero-order chi connectivity index (χ0) is 12.7. The Hall–Kier alpha value is -0.810. The van der Waals surface area contributed by atoms with Gasteiger partial charge >= 0.3 is 0 Å². The maximum Gasteiger partial charge on any atom is 0.141 e. The summed E-state index contributed by atoms with van der Waals surface area (Å²) in [6.07, 6.45) is 3.89. The van der Waals surface area contributed by atoms with Crippen LogP contribution in [0.4, 0.5) is 5.82 Å². The number of pyridine rings is 1. The lowest BCUT2D eigenvalue weighted by atomic mass is 10.4. The molecule has 3 nitrogen and oxygen atoms in total. The Morgan fingerprint density at radius 1 is 1.41 bits per heavy atom. The number of thiocarbonyl (C=S) groups is 1. The zero-order valence-corrected chi connectivity index (χ0v) is 12.0. The maximum absolute atomic E-state index is 5.81. The summed E-state index contributed by atoms with van der Waals surface area (Å²) in [4.78, 5) is 7.23. The fraction of sp³-hybridized carbons (Fsp3) is 0.500.